The number of hydrogen-bond acceptors (Lipinski definition) is 8. The van der Waals surface area contributed by atoms with E-state index in [2.05, 4.69) is 23.3 Å². The Hall–Kier alpha value is -1.99. The lowest BCUT2D eigenvalue weighted by molar-refractivity contribution is -0.149. The Labute approximate surface area is 190 Å². The molecular weight excluding hydrogens is 448 g/mol. The van der Waals surface area contributed by atoms with Crippen LogP contribution >= 0.6 is 24.4 Å². The molecule has 1 fully saturated rings. The van der Waals surface area contributed by atoms with E-state index in [4.69, 9.17) is 10.8 Å². The predicted molar refractivity (Wildman–Crippen MR) is 118 cm³/mol. The number of aliphatic carboxylic acids is 2. The summed E-state index contributed by atoms with van der Waals surface area (Å²) < 4.78 is 0. The molecule has 31 heavy (non-hydrogen) atoms. The Morgan fingerprint density at radius 3 is 2.32 bits per heavy atom. The number of rotatable bonds is 13. The van der Waals surface area contributed by atoms with E-state index in [1.165, 1.54) is 16.7 Å². The summed E-state index contributed by atoms with van der Waals surface area (Å²) in [4.78, 5) is 61.1. The molecule has 3 amide bonds. The van der Waals surface area contributed by atoms with Gasteiger partial charge in [0.2, 0.25) is 17.7 Å². The van der Waals surface area contributed by atoms with Gasteiger partial charge >= 0.3 is 11.9 Å². The van der Waals surface area contributed by atoms with E-state index in [9.17, 15) is 29.1 Å². The van der Waals surface area contributed by atoms with Crippen LogP contribution in [0.15, 0.2) is 0 Å². The monoisotopic (exact) mass is 478 g/mol. The number of carboxylic acid groups (broad SMARTS) is 2. The third-order valence-corrected chi connectivity index (χ3v) is 5.88. The van der Waals surface area contributed by atoms with Gasteiger partial charge in [-0.1, -0.05) is 0 Å². The lowest BCUT2D eigenvalue weighted by Crippen LogP contribution is -2.57. The molecule has 4 atom stereocenters. The first-order valence-electron chi connectivity index (χ1n) is 9.83. The minimum Gasteiger partial charge on any atom is -0.481 e. The second kappa shape index (κ2) is 13.4. The van der Waals surface area contributed by atoms with Crippen molar-refractivity contribution in [2.75, 3.05) is 24.3 Å². The molecule has 0 radical (unpaired) electrons. The molecule has 0 spiro atoms. The molecule has 1 rings (SSSR count). The van der Waals surface area contributed by atoms with Gasteiger partial charge in [0, 0.05) is 18.7 Å². The van der Waals surface area contributed by atoms with Crippen molar-refractivity contribution in [3.63, 3.8) is 0 Å². The average molecular weight is 479 g/mol. The fraction of sp³-hybridized carbons (Fsp3) is 0.722. The fourth-order valence-corrected chi connectivity index (χ4v) is 3.86. The molecule has 6 N–H and O–H groups in total. The van der Waals surface area contributed by atoms with E-state index in [0.717, 1.165) is 0 Å². The van der Waals surface area contributed by atoms with Crippen LogP contribution in [0.2, 0.25) is 0 Å². The first-order chi connectivity index (χ1) is 14.6. The number of thioether (sulfide) groups is 1. The van der Waals surface area contributed by atoms with E-state index >= 15 is 0 Å². The molecule has 0 aliphatic carbocycles. The molecule has 0 aromatic carbocycles. The maximum absolute atomic E-state index is 12.8. The number of carbonyl (C=O) groups is 5. The zero-order chi connectivity index (χ0) is 23.6. The van der Waals surface area contributed by atoms with E-state index in [1.807, 2.05) is 6.26 Å². The normalized spacial score (nSPS) is 18.7. The number of nitrogens with two attached hydrogens (primary N) is 1. The van der Waals surface area contributed by atoms with Gasteiger partial charge in [0.25, 0.3) is 0 Å². The van der Waals surface area contributed by atoms with Crippen LogP contribution in [-0.2, 0) is 24.0 Å². The molecule has 1 aliphatic heterocycles. The van der Waals surface area contributed by atoms with E-state index < -0.39 is 53.8 Å². The van der Waals surface area contributed by atoms with Gasteiger partial charge in [0.15, 0.2) is 0 Å². The standard InChI is InChI=1S/C18H30N4O7S2/c1-31-8-6-11(20-15(25)10(19)4-5-14(23)24)16(26)21-12(9-30)17(27)22-7-2-3-13(22)18(28)29/h10-13,30H,2-9,19H2,1H3,(H,20,25)(H,21,26)(H,23,24)(H,28,29). The quantitative estimate of drug-likeness (QED) is 0.179. The van der Waals surface area contributed by atoms with Crippen LogP contribution in [-0.4, -0.2) is 93.2 Å². The fourth-order valence-electron chi connectivity index (χ4n) is 3.14. The van der Waals surface area contributed by atoms with Crippen LogP contribution in [0.25, 0.3) is 0 Å². The highest BCUT2D eigenvalue weighted by Gasteiger charge is 2.38. The second-order valence-electron chi connectivity index (χ2n) is 7.15. The van der Waals surface area contributed by atoms with Crippen LogP contribution < -0.4 is 16.4 Å². The third kappa shape index (κ3) is 8.57. The number of hydrogen-bond donors (Lipinski definition) is 6. The summed E-state index contributed by atoms with van der Waals surface area (Å²) in [6.07, 6.45) is 2.62. The van der Waals surface area contributed by atoms with Gasteiger partial charge in [-0.2, -0.15) is 24.4 Å². The number of carbonyl (C=O) groups excluding carboxylic acids is 3. The minimum absolute atomic E-state index is 0.0469. The Balaban J connectivity index is 2.81. The summed E-state index contributed by atoms with van der Waals surface area (Å²) in [7, 11) is 0. The molecule has 1 saturated heterocycles. The van der Waals surface area contributed by atoms with Gasteiger partial charge in [0.05, 0.1) is 6.04 Å². The minimum atomic E-state index is -1.10. The van der Waals surface area contributed by atoms with Crippen molar-refractivity contribution in [2.45, 2.75) is 56.3 Å². The lowest BCUT2D eigenvalue weighted by Gasteiger charge is -2.28. The van der Waals surface area contributed by atoms with Crippen molar-refractivity contribution in [2.24, 2.45) is 5.73 Å². The maximum atomic E-state index is 12.8. The van der Waals surface area contributed by atoms with Gasteiger partial charge in [-0.25, -0.2) is 4.79 Å². The van der Waals surface area contributed by atoms with Crippen LogP contribution in [0.5, 0.6) is 0 Å². The summed E-state index contributed by atoms with van der Waals surface area (Å²) in [6.45, 7) is 0.279. The van der Waals surface area contributed by atoms with Crippen molar-refractivity contribution in [3.8, 4) is 0 Å². The first-order valence-corrected chi connectivity index (χ1v) is 11.9. The van der Waals surface area contributed by atoms with Crippen molar-refractivity contribution >= 4 is 54.1 Å². The van der Waals surface area contributed by atoms with Crippen LogP contribution in [0.1, 0.15) is 32.1 Å². The number of carboxylic acids is 2. The molecule has 1 aliphatic rings. The van der Waals surface area contributed by atoms with Gasteiger partial charge in [-0.3, -0.25) is 19.2 Å². The number of thiol groups is 1. The Morgan fingerprint density at radius 1 is 1.13 bits per heavy atom. The van der Waals surface area contributed by atoms with Crippen molar-refractivity contribution < 1.29 is 34.2 Å². The summed E-state index contributed by atoms with van der Waals surface area (Å²) >= 11 is 5.57. The maximum Gasteiger partial charge on any atom is 0.326 e. The predicted octanol–water partition coefficient (Wildman–Crippen LogP) is -1.09. The lowest BCUT2D eigenvalue weighted by atomic mass is 10.1. The Kier molecular flexibility index (Phi) is 11.7. The molecule has 11 nitrogen and oxygen atoms in total. The third-order valence-electron chi connectivity index (χ3n) is 4.87. The molecule has 0 bridgehead atoms. The number of amides is 3. The van der Waals surface area contributed by atoms with Gasteiger partial charge in [-0.15, -0.1) is 0 Å². The Morgan fingerprint density at radius 2 is 1.77 bits per heavy atom. The summed E-state index contributed by atoms with van der Waals surface area (Å²) in [5.74, 6) is -3.52. The van der Waals surface area contributed by atoms with Crippen LogP contribution in [0.3, 0.4) is 0 Å². The molecular formula is C18H30N4O7S2. The molecule has 176 valence electrons. The molecule has 13 heteroatoms. The zero-order valence-corrected chi connectivity index (χ0v) is 19.0. The summed E-state index contributed by atoms with van der Waals surface area (Å²) in [6, 6.07) is -4.07. The largest absolute Gasteiger partial charge is 0.481 e. The van der Waals surface area contributed by atoms with Crippen molar-refractivity contribution in [1.29, 1.82) is 0 Å². The van der Waals surface area contributed by atoms with Crippen LogP contribution in [0.4, 0.5) is 0 Å². The highest BCUT2D eigenvalue weighted by Crippen LogP contribution is 2.19. The second-order valence-corrected chi connectivity index (χ2v) is 8.50. The number of nitrogens with one attached hydrogen (secondary N) is 2. The molecule has 4 unspecified atom stereocenters. The summed E-state index contributed by atoms with van der Waals surface area (Å²) in [5, 5.41) is 23.1. The smallest absolute Gasteiger partial charge is 0.326 e. The first kappa shape index (κ1) is 27.0. The summed E-state index contributed by atoms with van der Waals surface area (Å²) in [5.41, 5.74) is 5.70. The highest BCUT2D eigenvalue weighted by molar-refractivity contribution is 7.98. The molecule has 1 heterocycles. The van der Waals surface area contributed by atoms with Crippen molar-refractivity contribution in [3.05, 3.63) is 0 Å². The SMILES string of the molecule is CSCCC(NC(=O)C(N)CCC(=O)O)C(=O)NC(CS)C(=O)N1CCCC1C(=O)O. The zero-order valence-electron chi connectivity index (χ0n) is 17.3. The van der Waals surface area contributed by atoms with Crippen molar-refractivity contribution in [1.82, 2.24) is 15.5 Å². The van der Waals surface area contributed by atoms with E-state index in [0.29, 0.717) is 18.6 Å². The number of likely N-dealkylation sites (tertiary alicyclic amines) is 1. The van der Waals surface area contributed by atoms with Gasteiger partial charge in [-0.05, 0) is 37.7 Å². The number of nitrogens with zero attached hydrogens (tertiary/aromatic N) is 1. The average Bonchev–Trinajstić information content (AvgIpc) is 3.22. The van der Waals surface area contributed by atoms with E-state index in [1.54, 1.807) is 0 Å². The van der Waals surface area contributed by atoms with Crippen LogP contribution in [0, 0.1) is 0 Å². The molecule has 0 aromatic heterocycles. The van der Waals surface area contributed by atoms with Gasteiger partial charge in [0.1, 0.15) is 18.1 Å². The van der Waals surface area contributed by atoms with Gasteiger partial charge < -0.3 is 31.5 Å². The Bertz CT molecular complexity index is 679. The highest BCUT2D eigenvalue weighted by atomic mass is 32.2. The molecule has 0 saturated carbocycles. The van der Waals surface area contributed by atoms with E-state index in [-0.39, 0.29) is 31.6 Å². The topological polar surface area (TPSA) is 179 Å². The molecule has 0 aromatic rings.